The highest BCUT2D eigenvalue weighted by molar-refractivity contribution is 5.96. The zero-order valence-corrected chi connectivity index (χ0v) is 19.4. The number of carbonyl (C=O) groups is 1. The van der Waals surface area contributed by atoms with Crippen LogP contribution in [0.25, 0.3) is 10.8 Å². The first-order chi connectivity index (χ1) is 16.1. The fraction of sp³-hybridized carbons (Fsp3) is 0.286. The van der Waals surface area contributed by atoms with Gasteiger partial charge in [-0.15, -0.1) is 0 Å². The number of hydrogen-bond acceptors (Lipinski definition) is 3. The Kier molecular flexibility index (Phi) is 5.97. The molecule has 5 heteroatoms. The van der Waals surface area contributed by atoms with Gasteiger partial charge in [-0.2, -0.15) is 5.10 Å². The summed E-state index contributed by atoms with van der Waals surface area (Å²) in [4.78, 5) is 17.8. The Morgan fingerprint density at radius 1 is 0.818 bits per heavy atom. The van der Waals surface area contributed by atoms with Crippen LogP contribution in [0.3, 0.4) is 0 Å². The fourth-order valence-corrected chi connectivity index (χ4v) is 4.86. The van der Waals surface area contributed by atoms with Crippen molar-refractivity contribution in [1.82, 2.24) is 19.6 Å². The number of carbonyl (C=O) groups excluding carboxylic acids is 1. The SMILES string of the molecule is Cc1nn(Cc2ccccc2)c(C)c1C(=O)N1CCN(Cc2cccc3ccccc23)CC1. The summed E-state index contributed by atoms with van der Waals surface area (Å²) in [5.74, 6) is 0.106. The van der Waals surface area contributed by atoms with E-state index in [2.05, 4.69) is 64.6 Å². The van der Waals surface area contributed by atoms with Gasteiger partial charge in [0.1, 0.15) is 0 Å². The molecule has 0 bridgehead atoms. The van der Waals surface area contributed by atoms with Crippen LogP contribution in [0, 0.1) is 13.8 Å². The number of benzene rings is 3. The summed E-state index contributed by atoms with van der Waals surface area (Å²) in [7, 11) is 0. The van der Waals surface area contributed by atoms with E-state index in [1.807, 2.05) is 41.6 Å². The Hall–Kier alpha value is -3.44. The maximum Gasteiger partial charge on any atom is 0.257 e. The normalized spacial score (nSPS) is 14.7. The van der Waals surface area contributed by atoms with Crippen molar-refractivity contribution >= 4 is 16.7 Å². The zero-order valence-electron chi connectivity index (χ0n) is 19.4. The molecule has 0 unspecified atom stereocenters. The van der Waals surface area contributed by atoms with E-state index in [4.69, 9.17) is 0 Å². The maximum atomic E-state index is 13.4. The Morgan fingerprint density at radius 3 is 2.30 bits per heavy atom. The number of aromatic nitrogens is 2. The Balaban J connectivity index is 1.25. The summed E-state index contributed by atoms with van der Waals surface area (Å²) in [5.41, 5.74) is 5.05. The molecule has 0 radical (unpaired) electrons. The number of hydrogen-bond donors (Lipinski definition) is 0. The summed E-state index contributed by atoms with van der Waals surface area (Å²) in [5, 5.41) is 7.28. The van der Waals surface area contributed by atoms with Crippen molar-refractivity contribution in [2.45, 2.75) is 26.9 Å². The molecule has 1 aliphatic heterocycles. The van der Waals surface area contributed by atoms with Crippen molar-refractivity contribution in [2.24, 2.45) is 0 Å². The summed E-state index contributed by atoms with van der Waals surface area (Å²) in [6.45, 7) is 8.79. The van der Waals surface area contributed by atoms with Gasteiger partial charge in [0.25, 0.3) is 5.91 Å². The van der Waals surface area contributed by atoms with Gasteiger partial charge < -0.3 is 4.90 Å². The summed E-state index contributed by atoms with van der Waals surface area (Å²) < 4.78 is 1.95. The molecule has 1 amide bonds. The number of fused-ring (bicyclic) bond motifs is 1. The van der Waals surface area contributed by atoms with Crippen molar-refractivity contribution < 1.29 is 4.79 Å². The van der Waals surface area contributed by atoms with E-state index in [1.54, 1.807) is 0 Å². The van der Waals surface area contributed by atoms with E-state index in [0.717, 1.165) is 49.7 Å². The third-order valence-electron chi connectivity index (χ3n) is 6.70. The highest BCUT2D eigenvalue weighted by Gasteiger charge is 2.27. The van der Waals surface area contributed by atoms with Crippen molar-refractivity contribution in [3.63, 3.8) is 0 Å². The summed E-state index contributed by atoms with van der Waals surface area (Å²) in [6, 6.07) is 25.3. The van der Waals surface area contributed by atoms with E-state index < -0.39 is 0 Å². The average molecular weight is 439 g/mol. The van der Waals surface area contributed by atoms with Crippen LogP contribution in [0.4, 0.5) is 0 Å². The van der Waals surface area contributed by atoms with Crippen LogP contribution in [-0.4, -0.2) is 51.7 Å². The second-order valence-corrected chi connectivity index (χ2v) is 8.90. The van der Waals surface area contributed by atoms with Crippen LogP contribution < -0.4 is 0 Å². The molecule has 0 saturated carbocycles. The monoisotopic (exact) mass is 438 g/mol. The lowest BCUT2D eigenvalue weighted by atomic mass is 10.0. The molecular formula is C28H30N4O. The molecule has 5 rings (SSSR count). The van der Waals surface area contributed by atoms with Gasteiger partial charge >= 0.3 is 0 Å². The van der Waals surface area contributed by atoms with E-state index in [-0.39, 0.29) is 5.91 Å². The second kappa shape index (κ2) is 9.20. The van der Waals surface area contributed by atoms with Gasteiger partial charge in [-0.25, -0.2) is 0 Å². The van der Waals surface area contributed by atoms with Gasteiger partial charge in [0.05, 0.1) is 17.8 Å². The first-order valence-corrected chi connectivity index (χ1v) is 11.7. The van der Waals surface area contributed by atoms with Crippen LogP contribution in [0.2, 0.25) is 0 Å². The molecule has 2 heterocycles. The summed E-state index contributed by atoms with van der Waals surface area (Å²) >= 11 is 0. The van der Waals surface area contributed by atoms with Crippen molar-refractivity contribution in [2.75, 3.05) is 26.2 Å². The van der Waals surface area contributed by atoms with Crippen molar-refractivity contribution in [3.05, 3.63) is 101 Å². The standard InChI is InChI=1S/C28H30N4O/c1-21-27(22(2)32(29-21)19-23-9-4-3-5-10-23)28(33)31-17-15-30(16-18-31)20-25-13-8-12-24-11-6-7-14-26(24)25/h3-14H,15-20H2,1-2H3. The largest absolute Gasteiger partial charge is 0.336 e. The Labute approximate surface area is 195 Å². The number of aryl methyl sites for hydroxylation is 1. The lowest BCUT2D eigenvalue weighted by molar-refractivity contribution is 0.0627. The first kappa shape index (κ1) is 21.4. The van der Waals surface area contributed by atoms with Crippen molar-refractivity contribution in [1.29, 1.82) is 0 Å². The van der Waals surface area contributed by atoms with Gasteiger partial charge in [0.2, 0.25) is 0 Å². The van der Waals surface area contributed by atoms with E-state index >= 15 is 0 Å². The molecule has 4 aromatic rings. The number of amides is 1. The van der Waals surface area contributed by atoms with Gasteiger partial charge in [-0.1, -0.05) is 72.8 Å². The zero-order chi connectivity index (χ0) is 22.8. The number of piperazine rings is 1. The van der Waals surface area contributed by atoms with E-state index in [0.29, 0.717) is 6.54 Å². The number of rotatable bonds is 5. The molecule has 5 nitrogen and oxygen atoms in total. The molecule has 3 aromatic carbocycles. The average Bonchev–Trinajstić information content (AvgIpc) is 3.12. The lowest BCUT2D eigenvalue weighted by Gasteiger charge is -2.35. The predicted molar refractivity (Wildman–Crippen MR) is 132 cm³/mol. The van der Waals surface area contributed by atoms with E-state index in [1.165, 1.54) is 21.9 Å². The minimum atomic E-state index is 0.106. The molecule has 1 fully saturated rings. The Morgan fingerprint density at radius 2 is 1.52 bits per heavy atom. The molecule has 0 aliphatic carbocycles. The van der Waals surface area contributed by atoms with Crippen LogP contribution in [0.15, 0.2) is 72.8 Å². The molecule has 0 spiro atoms. The fourth-order valence-electron chi connectivity index (χ4n) is 4.86. The minimum absolute atomic E-state index is 0.106. The molecule has 0 atom stereocenters. The Bertz CT molecular complexity index is 1260. The molecular weight excluding hydrogens is 408 g/mol. The molecule has 33 heavy (non-hydrogen) atoms. The second-order valence-electron chi connectivity index (χ2n) is 8.90. The summed E-state index contributed by atoms with van der Waals surface area (Å²) in [6.07, 6.45) is 0. The highest BCUT2D eigenvalue weighted by atomic mass is 16.2. The minimum Gasteiger partial charge on any atom is -0.336 e. The lowest BCUT2D eigenvalue weighted by Crippen LogP contribution is -2.48. The highest BCUT2D eigenvalue weighted by Crippen LogP contribution is 2.22. The molecule has 1 aromatic heterocycles. The quantitative estimate of drug-likeness (QED) is 0.455. The number of nitrogens with zero attached hydrogens (tertiary/aromatic N) is 4. The maximum absolute atomic E-state index is 13.4. The molecule has 168 valence electrons. The van der Waals surface area contributed by atoms with Crippen LogP contribution in [0.1, 0.15) is 32.9 Å². The van der Waals surface area contributed by atoms with Gasteiger partial charge in [-0.05, 0) is 35.7 Å². The molecule has 0 N–H and O–H groups in total. The van der Waals surface area contributed by atoms with Gasteiger partial charge in [0.15, 0.2) is 0 Å². The van der Waals surface area contributed by atoms with Crippen molar-refractivity contribution in [3.8, 4) is 0 Å². The topological polar surface area (TPSA) is 41.4 Å². The third-order valence-corrected chi connectivity index (χ3v) is 6.70. The van der Waals surface area contributed by atoms with E-state index in [9.17, 15) is 4.79 Å². The molecule has 1 aliphatic rings. The first-order valence-electron chi connectivity index (χ1n) is 11.7. The molecule has 1 saturated heterocycles. The van der Waals surface area contributed by atoms with Crippen LogP contribution in [-0.2, 0) is 13.1 Å². The smallest absolute Gasteiger partial charge is 0.257 e. The van der Waals surface area contributed by atoms with Gasteiger partial charge in [0, 0.05) is 38.4 Å². The predicted octanol–water partition coefficient (Wildman–Crippen LogP) is 4.66. The van der Waals surface area contributed by atoms with Gasteiger partial charge in [-0.3, -0.25) is 14.4 Å². The van der Waals surface area contributed by atoms with Crippen LogP contribution in [0.5, 0.6) is 0 Å². The third kappa shape index (κ3) is 4.41. The van der Waals surface area contributed by atoms with Crippen LogP contribution >= 0.6 is 0 Å².